The van der Waals surface area contributed by atoms with Gasteiger partial charge in [-0.05, 0) is 19.1 Å². The SMILES string of the molecule is CC12N=NN(c3ccccc3)C1(O)c1ccccc1C2=O. The number of hydrogen-bond acceptors (Lipinski definition) is 5. The Morgan fingerprint density at radius 2 is 1.71 bits per heavy atom. The van der Waals surface area contributed by atoms with Crippen LogP contribution in [0.5, 0.6) is 0 Å². The number of fused-ring (bicyclic) bond motifs is 3. The second-order valence-electron chi connectivity index (χ2n) is 5.46. The van der Waals surface area contributed by atoms with E-state index in [0.29, 0.717) is 16.8 Å². The Morgan fingerprint density at radius 3 is 2.48 bits per heavy atom. The van der Waals surface area contributed by atoms with Gasteiger partial charge in [-0.2, -0.15) is 5.11 Å². The smallest absolute Gasteiger partial charge is 0.221 e. The van der Waals surface area contributed by atoms with Crippen molar-refractivity contribution < 1.29 is 9.90 Å². The number of ketones is 1. The van der Waals surface area contributed by atoms with Gasteiger partial charge in [0.15, 0.2) is 11.3 Å². The molecule has 104 valence electrons. The topological polar surface area (TPSA) is 65.3 Å². The molecule has 2 aliphatic rings. The fourth-order valence-corrected chi connectivity index (χ4v) is 3.11. The first-order chi connectivity index (χ1) is 10.1. The molecule has 21 heavy (non-hydrogen) atoms. The molecule has 0 spiro atoms. The van der Waals surface area contributed by atoms with E-state index in [1.165, 1.54) is 5.01 Å². The van der Waals surface area contributed by atoms with Crippen LogP contribution >= 0.6 is 0 Å². The van der Waals surface area contributed by atoms with Crippen molar-refractivity contribution >= 4 is 11.5 Å². The van der Waals surface area contributed by atoms with Gasteiger partial charge >= 0.3 is 0 Å². The zero-order chi connectivity index (χ0) is 14.7. The molecule has 1 aliphatic carbocycles. The highest BCUT2D eigenvalue weighted by Crippen LogP contribution is 2.53. The minimum absolute atomic E-state index is 0.206. The summed E-state index contributed by atoms with van der Waals surface area (Å²) in [6, 6.07) is 16.3. The van der Waals surface area contributed by atoms with Gasteiger partial charge in [-0.25, -0.2) is 5.01 Å². The van der Waals surface area contributed by atoms with Crippen molar-refractivity contribution in [1.29, 1.82) is 0 Å². The van der Waals surface area contributed by atoms with E-state index in [4.69, 9.17) is 0 Å². The summed E-state index contributed by atoms with van der Waals surface area (Å²) in [5, 5.41) is 20.9. The fraction of sp³-hybridized carbons (Fsp3) is 0.188. The average molecular weight is 279 g/mol. The van der Waals surface area contributed by atoms with Gasteiger partial charge in [-0.15, -0.1) is 0 Å². The monoisotopic (exact) mass is 279 g/mol. The van der Waals surface area contributed by atoms with Crippen LogP contribution in [0, 0.1) is 0 Å². The number of rotatable bonds is 1. The lowest BCUT2D eigenvalue weighted by Crippen LogP contribution is -2.53. The molecule has 1 heterocycles. The van der Waals surface area contributed by atoms with E-state index >= 15 is 0 Å². The van der Waals surface area contributed by atoms with Crippen LogP contribution in [0.25, 0.3) is 0 Å². The van der Waals surface area contributed by atoms with Crippen LogP contribution in [0.1, 0.15) is 22.8 Å². The third-order valence-corrected chi connectivity index (χ3v) is 4.31. The summed E-state index contributed by atoms with van der Waals surface area (Å²) in [5.41, 5.74) is -1.15. The van der Waals surface area contributed by atoms with Crippen LogP contribution < -0.4 is 5.01 Å². The predicted molar refractivity (Wildman–Crippen MR) is 76.9 cm³/mol. The molecule has 5 nitrogen and oxygen atoms in total. The van der Waals surface area contributed by atoms with Gasteiger partial charge in [0, 0.05) is 11.1 Å². The summed E-state index contributed by atoms with van der Waals surface area (Å²) in [5.74, 6) is -0.206. The summed E-state index contributed by atoms with van der Waals surface area (Å²) in [6.07, 6.45) is 0. The number of para-hydroxylation sites is 1. The molecule has 1 N–H and O–H groups in total. The predicted octanol–water partition coefficient (Wildman–Crippen LogP) is 2.67. The molecular weight excluding hydrogens is 266 g/mol. The van der Waals surface area contributed by atoms with Crippen LogP contribution in [-0.4, -0.2) is 16.4 Å². The Hall–Kier alpha value is -2.53. The second kappa shape index (κ2) is 3.77. The summed E-state index contributed by atoms with van der Waals surface area (Å²) in [4.78, 5) is 12.6. The summed E-state index contributed by atoms with van der Waals surface area (Å²) in [7, 11) is 0. The number of carbonyl (C=O) groups is 1. The van der Waals surface area contributed by atoms with Gasteiger partial charge in [-0.1, -0.05) is 47.7 Å². The van der Waals surface area contributed by atoms with E-state index in [2.05, 4.69) is 10.3 Å². The van der Waals surface area contributed by atoms with Gasteiger partial charge < -0.3 is 5.11 Å². The molecule has 2 aromatic rings. The van der Waals surface area contributed by atoms with Gasteiger partial charge in [0.25, 0.3) is 0 Å². The Balaban J connectivity index is 1.97. The summed E-state index contributed by atoms with van der Waals surface area (Å²) in [6.45, 7) is 1.63. The van der Waals surface area contributed by atoms with Gasteiger partial charge in [0.05, 0.1) is 5.69 Å². The van der Waals surface area contributed by atoms with Crippen molar-refractivity contribution in [2.24, 2.45) is 10.3 Å². The maximum atomic E-state index is 12.6. The van der Waals surface area contributed by atoms with Crippen molar-refractivity contribution in [1.82, 2.24) is 0 Å². The third kappa shape index (κ3) is 1.27. The average Bonchev–Trinajstić information content (AvgIpc) is 2.89. The molecule has 0 amide bonds. The lowest BCUT2D eigenvalue weighted by Gasteiger charge is -2.35. The minimum Gasteiger partial charge on any atom is -0.363 e. The number of benzene rings is 2. The first-order valence-electron chi connectivity index (χ1n) is 6.74. The molecule has 4 rings (SSSR count). The van der Waals surface area contributed by atoms with Gasteiger partial charge in [0.1, 0.15) is 0 Å². The van der Waals surface area contributed by atoms with Crippen molar-refractivity contribution in [2.75, 3.05) is 5.01 Å². The van der Waals surface area contributed by atoms with E-state index in [1.54, 1.807) is 31.2 Å². The Morgan fingerprint density at radius 1 is 1.05 bits per heavy atom. The van der Waals surface area contributed by atoms with Crippen LogP contribution in [0.2, 0.25) is 0 Å². The van der Waals surface area contributed by atoms with Crippen molar-refractivity contribution in [3.63, 3.8) is 0 Å². The van der Waals surface area contributed by atoms with Crippen LogP contribution in [0.3, 0.4) is 0 Å². The second-order valence-corrected chi connectivity index (χ2v) is 5.46. The Kier molecular flexibility index (Phi) is 2.19. The number of aliphatic hydroxyl groups is 1. The van der Waals surface area contributed by atoms with Crippen LogP contribution in [-0.2, 0) is 5.72 Å². The van der Waals surface area contributed by atoms with Crippen molar-refractivity contribution in [2.45, 2.75) is 18.2 Å². The largest absolute Gasteiger partial charge is 0.363 e. The molecule has 0 fully saturated rings. The van der Waals surface area contributed by atoms with E-state index in [9.17, 15) is 9.90 Å². The Labute approximate surface area is 121 Å². The molecule has 2 aromatic carbocycles. The molecule has 2 unspecified atom stereocenters. The molecule has 0 radical (unpaired) electrons. The molecular formula is C16H13N3O2. The Bertz CT molecular complexity index is 774. The first-order valence-corrected chi connectivity index (χ1v) is 6.74. The van der Waals surface area contributed by atoms with Crippen LogP contribution in [0.4, 0.5) is 5.69 Å². The molecule has 1 aliphatic heterocycles. The maximum absolute atomic E-state index is 12.6. The number of anilines is 1. The molecule has 0 saturated heterocycles. The van der Waals surface area contributed by atoms with Gasteiger partial charge in [0.2, 0.25) is 5.72 Å². The van der Waals surface area contributed by atoms with E-state index in [1.807, 2.05) is 30.3 Å². The fourth-order valence-electron chi connectivity index (χ4n) is 3.11. The van der Waals surface area contributed by atoms with Crippen LogP contribution in [0.15, 0.2) is 64.9 Å². The molecule has 0 aromatic heterocycles. The van der Waals surface area contributed by atoms with E-state index in [0.717, 1.165) is 0 Å². The molecule has 2 atom stereocenters. The zero-order valence-corrected chi connectivity index (χ0v) is 11.4. The van der Waals surface area contributed by atoms with E-state index in [-0.39, 0.29) is 5.78 Å². The van der Waals surface area contributed by atoms with E-state index < -0.39 is 11.3 Å². The minimum atomic E-state index is -1.58. The molecule has 5 heteroatoms. The highest BCUT2D eigenvalue weighted by atomic mass is 16.3. The maximum Gasteiger partial charge on any atom is 0.221 e. The number of hydrogen-bond donors (Lipinski definition) is 1. The molecule has 0 bridgehead atoms. The van der Waals surface area contributed by atoms with Crippen molar-refractivity contribution in [3.05, 3.63) is 65.7 Å². The summed E-state index contributed by atoms with van der Waals surface area (Å²) >= 11 is 0. The quantitative estimate of drug-likeness (QED) is 0.872. The summed E-state index contributed by atoms with van der Waals surface area (Å²) < 4.78 is 0. The normalized spacial score (nSPS) is 29.6. The highest BCUT2D eigenvalue weighted by Gasteiger charge is 2.67. The number of Topliss-reactive ketones (excluding diaryl/α,β-unsaturated/α-hetero) is 1. The lowest BCUT2D eigenvalue weighted by atomic mass is 9.89. The van der Waals surface area contributed by atoms with Gasteiger partial charge in [-0.3, -0.25) is 4.79 Å². The zero-order valence-electron chi connectivity index (χ0n) is 11.4. The first kappa shape index (κ1) is 12.2. The highest BCUT2D eigenvalue weighted by molar-refractivity contribution is 6.10. The number of carbonyl (C=O) groups excluding carboxylic acids is 1. The van der Waals surface area contributed by atoms with Crippen molar-refractivity contribution in [3.8, 4) is 0 Å². The third-order valence-electron chi connectivity index (χ3n) is 4.31. The number of nitrogens with zero attached hydrogens (tertiary/aromatic N) is 3. The molecule has 0 saturated carbocycles. The standard InChI is InChI=1S/C16H13N3O2/c1-15-14(20)12-9-5-6-10-13(12)16(15,21)19(18-17-15)11-7-3-2-4-8-11/h2-10,21H,1H3. The lowest BCUT2D eigenvalue weighted by molar-refractivity contribution is 0.000895.